The fraction of sp³-hybridized carbons (Fsp3) is 0.909. The minimum atomic E-state index is -0.367. The molecule has 1 heterocycles. The highest BCUT2D eigenvalue weighted by Crippen LogP contribution is 2.31. The van der Waals surface area contributed by atoms with Gasteiger partial charge in [-0.2, -0.15) is 0 Å². The number of nitrogens with zero attached hydrogens (tertiary/aromatic N) is 1. The first-order valence-corrected chi connectivity index (χ1v) is 5.85. The van der Waals surface area contributed by atoms with Gasteiger partial charge in [0.1, 0.15) is 0 Å². The van der Waals surface area contributed by atoms with Gasteiger partial charge in [-0.25, -0.2) is 0 Å². The summed E-state index contributed by atoms with van der Waals surface area (Å²) < 4.78 is 5.32. The Kier molecular flexibility index (Phi) is 3.26. The standard InChI is InChI=1S/C11H20N2O2/c1-8(12)11(14)13(9-2-3-9)10-4-6-15-7-5-10/h8-10H,2-7,12H2,1H3/t8-/m1/s1. The third-order valence-corrected chi connectivity index (χ3v) is 3.17. The van der Waals surface area contributed by atoms with E-state index in [1.807, 2.05) is 4.90 Å². The first-order valence-electron chi connectivity index (χ1n) is 5.85. The molecule has 1 amide bonds. The van der Waals surface area contributed by atoms with E-state index in [1.54, 1.807) is 6.92 Å². The summed E-state index contributed by atoms with van der Waals surface area (Å²) >= 11 is 0. The Balaban J connectivity index is 2.01. The van der Waals surface area contributed by atoms with Gasteiger partial charge >= 0.3 is 0 Å². The van der Waals surface area contributed by atoms with Crippen LogP contribution in [0.1, 0.15) is 32.6 Å². The summed E-state index contributed by atoms with van der Waals surface area (Å²) in [4.78, 5) is 14.0. The summed E-state index contributed by atoms with van der Waals surface area (Å²) in [6.07, 6.45) is 4.23. The molecule has 1 saturated carbocycles. The van der Waals surface area contributed by atoms with E-state index in [4.69, 9.17) is 10.5 Å². The molecule has 0 radical (unpaired) electrons. The highest BCUT2D eigenvalue weighted by atomic mass is 16.5. The number of ether oxygens (including phenoxy) is 1. The zero-order chi connectivity index (χ0) is 10.8. The summed E-state index contributed by atoms with van der Waals surface area (Å²) in [5.74, 6) is 0.115. The van der Waals surface area contributed by atoms with Crippen LogP contribution in [0.4, 0.5) is 0 Å². The predicted molar refractivity (Wildman–Crippen MR) is 57.4 cm³/mol. The molecule has 0 unspecified atom stereocenters. The summed E-state index contributed by atoms with van der Waals surface area (Å²) in [5.41, 5.74) is 5.69. The molecule has 2 aliphatic rings. The lowest BCUT2D eigenvalue weighted by Crippen LogP contribution is -2.50. The fourth-order valence-electron chi connectivity index (χ4n) is 2.21. The van der Waals surface area contributed by atoms with Gasteiger partial charge in [0.2, 0.25) is 5.91 Å². The molecule has 4 nitrogen and oxygen atoms in total. The molecule has 0 spiro atoms. The molecule has 2 rings (SSSR count). The van der Waals surface area contributed by atoms with Crippen molar-refractivity contribution in [2.75, 3.05) is 13.2 Å². The van der Waals surface area contributed by atoms with Gasteiger partial charge in [0.25, 0.3) is 0 Å². The van der Waals surface area contributed by atoms with Crippen molar-refractivity contribution in [1.29, 1.82) is 0 Å². The molecule has 86 valence electrons. The molecule has 1 atom stereocenters. The van der Waals surface area contributed by atoms with Crippen LogP contribution in [0, 0.1) is 0 Å². The van der Waals surface area contributed by atoms with Crippen molar-refractivity contribution < 1.29 is 9.53 Å². The molecule has 1 aliphatic carbocycles. The van der Waals surface area contributed by atoms with Crippen molar-refractivity contribution in [2.45, 2.75) is 50.7 Å². The molecule has 2 fully saturated rings. The second-order valence-corrected chi connectivity index (χ2v) is 4.61. The van der Waals surface area contributed by atoms with Gasteiger partial charge in [0.05, 0.1) is 6.04 Å². The lowest BCUT2D eigenvalue weighted by atomic mass is 10.1. The average Bonchev–Trinajstić information content (AvgIpc) is 3.04. The van der Waals surface area contributed by atoms with Crippen LogP contribution in [0.25, 0.3) is 0 Å². The molecule has 0 aromatic heterocycles. The number of carbonyl (C=O) groups excluding carboxylic acids is 1. The number of nitrogens with two attached hydrogens (primary N) is 1. The van der Waals surface area contributed by atoms with Crippen LogP contribution in [0.2, 0.25) is 0 Å². The van der Waals surface area contributed by atoms with E-state index < -0.39 is 0 Å². The van der Waals surface area contributed by atoms with Crippen LogP contribution in [0.3, 0.4) is 0 Å². The topological polar surface area (TPSA) is 55.6 Å². The first kappa shape index (κ1) is 10.9. The lowest BCUT2D eigenvalue weighted by molar-refractivity contribution is -0.137. The van der Waals surface area contributed by atoms with Crippen LogP contribution in [-0.2, 0) is 9.53 Å². The molecule has 0 aromatic rings. The van der Waals surface area contributed by atoms with E-state index >= 15 is 0 Å². The Hall–Kier alpha value is -0.610. The van der Waals surface area contributed by atoms with Gasteiger partial charge in [-0.1, -0.05) is 0 Å². The van der Waals surface area contributed by atoms with Crippen molar-refractivity contribution in [1.82, 2.24) is 4.90 Å². The Bertz CT molecular complexity index is 233. The van der Waals surface area contributed by atoms with E-state index in [-0.39, 0.29) is 11.9 Å². The highest BCUT2D eigenvalue weighted by molar-refractivity contribution is 5.82. The zero-order valence-electron chi connectivity index (χ0n) is 9.32. The van der Waals surface area contributed by atoms with Crippen molar-refractivity contribution in [3.63, 3.8) is 0 Å². The average molecular weight is 212 g/mol. The molecule has 0 bridgehead atoms. The van der Waals surface area contributed by atoms with E-state index in [0.717, 1.165) is 38.9 Å². The van der Waals surface area contributed by atoms with Crippen molar-refractivity contribution in [2.24, 2.45) is 5.73 Å². The van der Waals surface area contributed by atoms with Gasteiger partial charge < -0.3 is 15.4 Å². The monoisotopic (exact) mass is 212 g/mol. The Morgan fingerprint density at radius 2 is 1.80 bits per heavy atom. The van der Waals surface area contributed by atoms with Crippen LogP contribution < -0.4 is 5.73 Å². The number of hydrogen-bond donors (Lipinski definition) is 1. The zero-order valence-corrected chi connectivity index (χ0v) is 9.32. The van der Waals surface area contributed by atoms with Gasteiger partial charge in [-0.15, -0.1) is 0 Å². The Morgan fingerprint density at radius 3 is 2.27 bits per heavy atom. The number of hydrogen-bond acceptors (Lipinski definition) is 3. The predicted octanol–water partition coefficient (Wildman–Crippen LogP) is 0.504. The SMILES string of the molecule is C[C@@H](N)C(=O)N(C1CCOCC1)C1CC1. The largest absolute Gasteiger partial charge is 0.381 e. The van der Waals surface area contributed by atoms with Gasteiger partial charge in [-0.05, 0) is 32.6 Å². The summed E-state index contributed by atoms with van der Waals surface area (Å²) in [7, 11) is 0. The lowest BCUT2D eigenvalue weighted by Gasteiger charge is -2.35. The van der Waals surface area contributed by atoms with E-state index in [1.165, 1.54) is 0 Å². The number of amides is 1. The highest BCUT2D eigenvalue weighted by Gasteiger charge is 2.38. The molecule has 0 aromatic carbocycles. The van der Waals surface area contributed by atoms with Gasteiger partial charge in [0, 0.05) is 25.3 Å². The van der Waals surface area contributed by atoms with Crippen LogP contribution in [-0.4, -0.2) is 42.1 Å². The summed E-state index contributed by atoms with van der Waals surface area (Å²) in [6, 6.07) is 0.463. The Labute approximate surface area is 90.8 Å². The maximum Gasteiger partial charge on any atom is 0.239 e. The van der Waals surface area contributed by atoms with Crippen LogP contribution in [0.5, 0.6) is 0 Å². The normalized spacial score (nSPS) is 24.9. The molecule has 4 heteroatoms. The molecule has 1 saturated heterocycles. The maximum absolute atomic E-state index is 12.0. The maximum atomic E-state index is 12.0. The molecular weight excluding hydrogens is 192 g/mol. The smallest absolute Gasteiger partial charge is 0.239 e. The Morgan fingerprint density at radius 1 is 1.27 bits per heavy atom. The summed E-state index contributed by atoms with van der Waals surface area (Å²) in [5, 5.41) is 0. The molecule has 15 heavy (non-hydrogen) atoms. The molecule has 1 aliphatic heterocycles. The van der Waals surface area contributed by atoms with Crippen molar-refractivity contribution in [3.8, 4) is 0 Å². The fourth-order valence-corrected chi connectivity index (χ4v) is 2.21. The summed E-state index contributed by atoms with van der Waals surface area (Å²) in [6.45, 7) is 3.33. The van der Waals surface area contributed by atoms with Crippen LogP contribution >= 0.6 is 0 Å². The second kappa shape index (κ2) is 4.49. The third kappa shape index (κ3) is 2.49. The van der Waals surface area contributed by atoms with E-state index in [9.17, 15) is 4.79 Å². The van der Waals surface area contributed by atoms with Gasteiger partial charge in [0.15, 0.2) is 0 Å². The number of rotatable bonds is 3. The quantitative estimate of drug-likeness (QED) is 0.741. The number of carbonyl (C=O) groups is 1. The van der Waals surface area contributed by atoms with Crippen molar-refractivity contribution >= 4 is 5.91 Å². The van der Waals surface area contributed by atoms with E-state index in [0.29, 0.717) is 12.1 Å². The third-order valence-electron chi connectivity index (χ3n) is 3.17. The molecule has 2 N–H and O–H groups in total. The minimum Gasteiger partial charge on any atom is -0.381 e. The second-order valence-electron chi connectivity index (χ2n) is 4.61. The minimum absolute atomic E-state index is 0.115. The molecular formula is C11H20N2O2. The van der Waals surface area contributed by atoms with E-state index in [2.05, 4.69) is 0 Å². The van der Waals surface area contributed by atoms with Crippen LogP contribution in [0.15, 0.2) is 0 Å². The van der Waals surface area contributed by atoms with Crippen molar-refractivity contribution in [3.05, 3.63) is 0 Å². The first-order chi connectivity index (χ1) is 7.20. The van der Waals surface area contributed by atoms with Gasteiger partial charge in [-0.3, -0.25) is 4.79 Å².